The standard InChI is InChI=1S/C20H28N2O4/c1-3-26-19(24)14-13-18(23)21-17-12-8-7-11-16(17)20(25)22(2)15-9-5-4-6-10-15/h7-8,11-12,15H,3-6,9-10,13-14H2,1-2H3,(H,21,23). The minimum absolute atomic E-state index is 0.0256. The first-order valence-electron chi connectivity index (χ1n) is 9.34. The van der Waals surface area contributed by atoms with Crippen molar-refractivity contribution in [2.24, 2.45) is 0 Å². The third-order valence-electron chi connectivity index (χ3n) is 4.74. The summed E-state index contributed by atoms with van der Waals surface area (Å²) in [4.78, 5) is 38.2. The molecule has 1 aromatic carbocycles. The van der Waals surface area contributed by atoms with E-state index in [0.29, 0.717) is 17.9 Å². The molecule has 0 radical (unpaired) electrons. The van der Waals surface area contributed by atoms with Gasteiger partial charge in [-0.05, 0) is 31.9 Å². The fourth-order valence-electron chi connectivity index (χ4n) is 3.26. The van der Waals surface area contributed by atoms with Crippen molar-refractivity contribution >= 4 is 23.5 Å². The fourth-order valence-corrected chi connectivity index (χ4v) is 3.26. The molecule has 0 atom stereocenters. The van der Waals surface area contributed by atoms with Crippen molar-refractivity contribution in [2.75, 3.05) is 19.0 Å². The summed E-state index contributed by atoms with van der Waals surface area (Å²) in [7, 11) is 1.83. The Labute approximate surface area is 154 Å². The number of hydrogen-bond donors (Lipinski definition) is 1. The van der Waals surface area contributed by atoms with E-state index in [4.69, 9.17) is 4.74 Å². The smallest absolute Gasteiger partial charge is 0.306 e. The second-order valence-electron chi connectivity index (χ2n) is 6.61. The first-order chi connectivity index (χ1) is 12.5. The Morgan fingerprint density at radius 1 is 1.12 bits per heavy atom. The van der Waals surface area contributed by atoms with Gasteiger partial charge in [0.15, 0.2) is 0 Å². The lowest BCUT2D eigenvalue weighted by Crippen LogP contribution is -2.38. The molecule has 1 aliphatic rings. The Kier molecular flexibility index (Phi) is 7.63. The number of amides is 2. The Hall–Kier alpha value is -2.37. The van der Waals surface area contributed by atoms with Gasteiger partial charge in [-0.1, -0.05) is 31.4 Å². The molecule has 2 rings (SSSR count). The van der Waals surface area contributed by atoms with Gasteiger partial charge in [0, 0.05) is 19.5 Å². The molecule has 26 heavy (non-hydrogen) atoms. The lowest BCUT2D eigenvalue weighted by atomic mass is 9.94. The number of esters is 1. The largest absolute Gasteiger partial charge is 0.466 e. The number of hydrogen-bond acceptors (Lipinski definition) is 4. The van der Waals surface area contributed by atoms with Crippen LogP contribution in [0.3, 0.4) is 0 Å². The maximum atomic E-state index is 12.9. The number of ether oxygens (including phenoxy) is 1. The molecule has 0 aromatic heterocycles. The zero-order valence-electron chi connectivity index (χ0n) is 15.6. The molecule has 6 heteroatoms. The van der Waals surface area contributed by atoms with Crippen LogP contribution in [0.15, 0.2) is 24.3 Å². The molecule has 0 saturated heterocycles. The van der Waals surface area contributed by atoms with E-state index in [1.54, 1.807) is 36.1 Å². The van der Waals surface area contributed by atoms with Crippen LogP contribution in [0.1, 0.15) is 62.2 Å². The van der Waals surface area contributed by atoms with Crippen molar-refractivity contribution in [3.63, 3.8) is 0 Å². The van der Waals surface area contributed by atoms with E-state index in [-0.39, 0.29) is 30.7 Å². The molecule has 0 bridgehead atoms. The van der Waals surface area contributed by atoms with Crippen molar-refractivity contribution in [2.45, 2.75) is 57.9 Å². The third-order valence-corrected chi connectivity index (χ3v) is 4.74. The van der Waals surface area contributed by atoms with Crippen LogP contribution in [-0.2, 0) is 14.3 Å². The van der Waals surface area contributed by atoms with Crippen molar-refractivity contribution in [1.29, 1.82) is 0 Å². The van der Waals surface area contributed by atoms with Crippen molar-refractivity contribution in [1.82, 2.24) is 4.90 Å². The van der Waals surface area contributed by atoms with E-state index in [0.717, 1.165) is 25.7 Å². The molecule has 1 aliphatic carbocycles. The highest BCUT2D eigenvalue weighted by Crippen LogP contribution is 2.25. The van der Waals surface area contributed by atoms with Crippen molar-refractivity contribution < 1.29 is 19.1 Å². The van der Waals surface area contributed by atoms with Gasteiger partial charge in [0.25, 0.3) is 5.91 Å². The molecule has 1 saturated carbocycles. The number of para-hydroxylation sites is 1. The molecule has 1 aromatic rings. The van der Waals surface area contributed by atoms with Gasteiger partial charge < -0.3 is 15.0 Å². The summed E-state index contributed by atoms with van der Waals surface area (Å²) in [6, 6.07) is 7.25. The molecule has 142 valence electrons. The molecule has 6 nitrogen and oxygen atoms in total. The monoisotopic (exact) mass is 360 g/mol. The van der Waals surface area contributed by atoms with E-state index in [1.807, 2.05) is 7.05 Å². The highest BCUT2D eigenvalue weighted by Gasteiger charge is 2.24. The van der Waals surface area contributed by atoms with Gasteiger partial charge in [-0.3, -0.25) is 14.4 Å². The predicted octanol–water partition coefficient (Wildman–Crippen LogP) is 3.37. The van der Waals surface area contributed by atoms with E-state index < -0.39 is 5.97 Å². The maximum Gasteiger partial charge on any atom is 0.306 e. The van der Waals surface area contributed by atoms with Crippen LogP contribution >= 0.6 is 0 Å². The first-order valence-corrected chi connectivity index (χ1v) is 9.34. The lowest BCUT2D eigenvalue weighted by molar-refractivity contribution is -0.144. The number of rotatable bonds is 7. The zero-order valence-corrected chi connectivity index (χ0v) is 15.6. The van der Waals surface area contributed by atoms with Crippen LogP contribution in [0.5, 0.6) is 0 Å². The second kappa shape index (κ2) is 9.94. The number of nitrogens with one attached hydrogen (secondary N) is 1. The highest BCUT2D eigenvalue weighted by molar-refractivity contribution is 6.04. The Bertz CT molecular complexity index is 638. The van der Waals surface area contributed by atoms with Crippen molar-refractivity contribution in [3.8, 4) is 0 Å². The van der Waals surface area contributed by atoms with Gasteiger partial charge >= 0.3 is 5.97 Å². The first kappa shape index (κ1) is 19.9. The predicted molar refractivity (Wildman–Crippen MR) is 99.9 cm³/mol. The summed E-state index contributed by atoms with van der Waals surface area (Å²) in [6.07, 6.45) is 5.62. The summed E-state index contributed by atoms with van der Waals surface area (Å²) in [5, 5.41) is 2.75. The van der Waals surface area contributed by atoms with Crippen LogP contribution in [0.25, 0.3) is 0 Å². The molecule has 0 heterocycles. The quantitative estimate of drug-likeness (QED) is 0.757. The highest BCUT2D eigenvalue weighted by atomic mass is 16.5. The van der Waals surface area contributed by atoms with Gasteiger partial charge in [-0.2, -0.15) is 0 Å². The number of nitrogens with zero attached hydrogens (tertiary/aromatic N) is 1. The topological polar surface area (TPSA) is 75.7 Å². The van der Waals surface area contributed by atoms with Gasteiger partial charge in [0.05, 0.1) is 24.3 Å². The van der Waals surface area contributed by atoms with Gasteiger partial charge in [-0.15, -0.1) is 0 Å². The van der Waals surface area contributed by atoms with Crippen LogP contribution in [0.4, 0.5) is 5.69 Å². The van der Waals surface area contributed by atoms with E-state index in [9.17, 15) is 14.4 Å². The summed E-state index contributed by atoms with van der Waals surface area (Å²) < 4.78 is 4.82. The molecule has 0 aliphatic heterocycles. The molecule has 1 fully saturated rings. The zero-order chi connectivity index (χ0) is 18.9. The number of carbonyl (C=O) groups excluding carboxylic acids is 3. The Morgan fingerprint density at radius 3 is 2.50 bits per heavy atom. The second-order valence-corrected chi connectivity index (χ2v) is 6.61. The minimum atomic E-state index is -0.399. The van der Waals surface area contributed by atoms with Gasteiger partial charge in [0.2, 0.25) is 5.91 Å². The number of anilines is 1. The molecule has 0 spiro atoms. The fraction of sp³-hybridized carbons (Fsp3) is 0.550. The SMILES string of the molecule is CCOC(=O)CCC(=O)Nc1ccccc1C(=O)N(C)C1CCCCC1. The summed E-state index contributed by atoms with van der Waals surface area (Å²) in [5.41, 5.74) is 0.957. The Balaban J connectivity index is 2.01. The number of carbonyl (C=O) groups is 3. The van der Waals surface area contributed by atoms with E-state index in [2.05, 4.69) is 5.32 Å². The summed E-state index contributed by atoms with van der Waals surface area (Å²) in [6.45, 7) is 2.02. The van der Waals surface area contributed by atoms with Crippen molar-refractivity contribution in [3.05, 3.63) is 29.8 Å². The van der Waals surface area contributed by atoms with Crippen LogP contribution in [0, 0.1) is 0 Å². The average Bonchev–Trinajstić information content (AvgIpc) is 2.66. The molecule has 0 unspecified atom stereocenters. The third kappa shape index (κ3) is 5.58. The summed E-state index contributed by atoms with van der Waals surface area (Å²) in [5.74, 6) is -0.791. The number of benzene rings is 1. The van der Waals surface area contributed by atoms with Crippen LogP contribution < -0.4 is 5.32 Å². The van der Waals surface area contributed by atoms with Crippen LogP contribution in [-0.4, -0.2) is 42.4 Å². The summed E-state index contributed by atoms with van der Waals surface area (Å²) >= 11 is 0. The minimum Gasteiger partial charge on any atom is -0.466 e. The maximum absolute atomic E-state index is 12.9. The average molecular weight is 360 g/mol. The van der Waals surface area contributed by atoms with E-state index >= 15 is 0 Å². The molecule has 1 N–H and O–H groups in total. The molecular weight excluding hydrogens is 332 g/mol. The molecular formula is C20H28N2O4. The lowest BCUT2D eigenvalue weighted by Gasteiger charge is -2.31. The van der Waals surface area contributed by atoms with Gasteiger partial charge in [-0.25, -0.2) is 0 Å². The van der Waals surface area contributed by atoms with Crippen LogP contribution in [0.2, 0.25) is 0 Å². The van der Waals surface area contributed by atoms with E-state index in [1.165, 1.54) is 6.42 Å². The Morgan fingerprint density at radius 2 is 1.81 bits per heavy atom. The normalized spacial score (nSPS) is 14.5. The van der Waals surface area contributed by atoms with Gasteiger partial charge in [0.1, 0.15) is 0 Å². The molecule has 2 amide bonds.